The second kappa shape index (κ2) is 9.37. The molecule has 6 nitrogen and oxygen atoms in total. The number of hydrogen-bond donors (Lipinski definition) is 2. The Morgan fingerprint density at radius 2 is 1.67 bits per heavy atom. The molecule has 2 aromatic carbocycles. The lowest BCUT2D eigenvalue weighted by Gasteiger charge is -2.07. The highest BCUT2D eigenvalue weighted by molar-refractivity contribution is 5.86. The first-order chi connectivity index (χ1) is 12.8. The van der Waals surface area contributed by atoms with E-state index in [1.165, 1.54) is 18.3 Å². The van der Waals surface area contributed by atoms with Crippen LogP contribution in [0.3, 0.4) is 0 Å². The van der Waals surface area contributed by atoms with Gasteiger partial charge in [0.1, 0.15) is 5.75 Å². The number of halogens is 3. The minimum atomic E-state index is -4.41. The van der Waals surface area contributed by atoms with Crippen molar-refractivity contribution in [2.75, 3.05) is 13.2 Å². The lowest BCUT2D eigenvalue weighted by molar-refractivity contribution is -0.137. The Morgan fingerprint density at radius 3 is 2.30 bits per heavy atom. The summed E-state index contributed by atoms with van der Waals surface area (Å²) in [7, 11) is 0. The van der Waals surface area contributed by atoms with Crippen LogP contribution in [0, 0.1) is 0 Å². The largest absolute Gasteiger partial charge is 0.484 e. The Bertz CT molecular complexity index is 791. The van der Waals surface area contributed by atoms with Gasteiger partial charge in [-0.05, 0) is 29.8 Å². The van der Waals surface area contributed by atoms with Crippen molar-refractivity contribution in [3.8, 4) is 5.75 Å². The summed E-state index contributed by atoms with van der Waals surface area (Å²) < 4.78 is 42.6. The predicted octanol–water partition coefficient (Wildman–Crippen LogP) is 2.35. The van der Waals surface area contributed by atoms with Crippen LogP contribution in [0.15, 0.2) is 59.7 Å². The first kappa shape index (κ1) is 20.0. The summed E-state index contributed by atoms with van der Waals surface area (Å²) >= 11 is 0. The molecule has 0 saturated heterocycles. The Kier molecular flexibility index (Phi) is 6.93. The average molecular weight is 379 g/mol. The van der Waals surface area contributed by atoms with Gasteiger partial charge >= 0.3 is 6.18 Å². The maximum absolute atomic E-state index is 12.4. The number of benzene rings is 2. The first-order valence-electron chi connectivity index (χ1n) is 7.78. The van der Waals surface area contributed by atoms with Gasteiger partial charge in [0.25, 0.3) is 11.8 Å². The zero-order valence-electron chi connectivity index (χ0n) is 14.0. The van der Waals surface area contributed by atoms with Gasteiger partial charge in [-0.25, -0.2) is 5.43 Å². The summed E-state index contributed by atoms with van der Waals surface area (Å²) in [5.74, 6) is -0.551. The number of carbonyl (C=O) groups excluding carboxylic acids is 2. The fourth-order valence-electron chi connectivity index (χ4n) is 1.87. The van der Waals surface area contributed by atoms with Gasteiger partial charge in [0.15, 0.2) is 6.61 Å². The number of nitrogens with one attached hydrogen (secondary N) is 2. The van der Waals surface area contributed by atoms with Crippen molar-refractivity contribution in [1.29, 1.82) is 0 Å². The molecule has 2 N–H and O–H groups in total. The summed E-state index contributed by atoms with van der Waals surface area (Å²) in [6.07, 6.45) is -3.22. The van der Waals surface area contributed by atoms with E-state index in [4.69, 9.17) is 4.74 Å². The molecule has 0 heterocycles. The molecular formula is C18H16F3N3O3. The SMILES string of the molecule is O=C(COc1ccccc1)NCC(=O)NN=Cc1ccc(C(F)(F)F)cc1. The van der Waals surface area contributed by atoms with Gasteiger partial charge in [0, 0.05) is 0 Å². The molecule has 2 amide bonds. The van der Waals surface area contributed by atoms with Crippen molar-refractivity contribution in [3.63, 3.8) is 0 Å². The maximum atomic E-state index is 12.4. The Balaban J connectivity index is 1.69. The van der Waals surface area contributed by atoms with Crippen LogP contribution in [0.2, 0.25) is 0 Å². The summed E-state index contributed by atoms with van der Waals surface area (Å²) in [6, 6.07) is 13.0. The fourth-order valence-corrected chi connectivity index (χ4v) is 1.87. The van der Waals surface area contributed by atoms with Crippen LogP contribution >= 0.6 is 0 Å². The normalized spacial score (nSPS) is 11.2. The molecule has 0 saturated carbocycles. The van der Waals surface area contributed by atoms with Gasteiger partial charge in [0.2, 0.25) is 0 Å². The summed E-state index contributed by atoms with van der Waals surface area (Å²) in [4.78, 5) is 23.2. The number of hydrogen-bond acceptors (Lipinski definition) is 4. The predicted molar refractivity (Wildman–Crippen MR) is 92.1 cm³/mol. The molecule has 0 unspecified atom stereocenters. The second-order valence-corrected chi connectivity index (χ2v) is 5.29. The highest BCUT2D eigenvalue weighted by Gasteiger charge is 2.29. The summed E-state index contributed by atoms with van der Waals surface area (Å²) in [5, 5.41) is 5.97. The molecular weight excluding hydrogens is 363 g/mol. The number of nitrogens with zero attached hydrogens (tertiary/aromatic N) is 1. The molecule has 0 aliphatic carbocycles. The third-order valence-electron chi connectivity index (χ3n) is 3.20. The van der Waals surface area contributed by atoms with Crippen LogP contribution in [-0.2, 0) is 15.8 Å². The highest BCUT2D eigenvalue weighted by Crippen LogP contribution is 2.28. The maximum Gasteiger partial charge on any atom is 0.416 e. The van der Waals surface area contributed by atoms with Gasteiger partial charge in [-0.1, -0.05) is 30.3 Å². The highest BCUT2D eigenvalue weighted by atomic mass is 19.4. The standard InChI is InChI=1S/C18H16F3N3O3/c19-18(20,21)14-8-6-13(7-9-14)10-23-24-16(25)11-22-17(26)12-27-15-4-2-1-3-5-15/h1-10H,11-12H2,(H,22,26)(H,24,25). The zero-order chi connectivity index (χ0) is 19.7. The topological polar surface area (TPSA) is 79.8 Å². The molecule has 142 valence electrons. The van der Waals surface area contributed by atoms with E-state index in [-0.39, 0.29) is 13.2 Å². The Hall–Kier alpha value is -3.36. The van der Waals surface area contributed by atoms with Gasteiger partial charge in [0.05, 0.1) is 18.3 Å². The number of carbonyl (C=O) groups is 2. The molecule has 0 aliphatic rings. The van der Waals surface area contributed by atoms with E-state index in [2.05, 4.69) is 15.8 Å². The van der Waals surface area contributed by atoms with E-state index in [1.54, 1.807) is 24.3 Å². The van der Waals surface area contributed by atoms with E-state index in [9.17, 15) is 22.8 Å². The number of ether oxygens (including phenoxy) is 1. The van der Waals surface area contributed by atoms with E-state index in [0.29, 0.717) is 11.3 Å². The quantitative estimate of drug-likeness (QED) is 0.573. The average Bonchev–Trinajstić information content (AvgIpc) is 2.65. The molecule has 0 aliphatic heterocycles. The lowest BCUT2D eigenvalue weighted by atomic mass is 10.1. The molecule has 2 rings (SSSR count). The number of amides is 2. The lowest BCUT2D eigenvalue weighted by Crippen LogP contribution is -2.37. The van der Waals surface area contributed by atoms with Crippen LogP contribution < -0.4 is 15.5 Å². The van der Waals surface area contributed by atoms with Crippen LogP contribution in [-0.4, -0.2) is 31.2 Å². The van der Waals surface area contributed by atoms with Gasteiger partial charge < -0.3 is 10.1 Å². The van der Waals surface area contributed by atoms with Crippen molar-refractivity contribution >= 4 is 18.0 Å². The number of hydrazone groups is 1. The minimum absolute atomic E-state index is 0.244. The summed E-state index contributed by atoms with van der Waals surface area (Å²) in [5.41, 5.74) is 1.76. The fraction of sp³-hybridized carbons (Fsp3) is 0.167. The Labute approximate surface area is 153 Å². The van der Waals surface area contributed by atoms with Gasteiger partial charge in [-0.2, -0.15) is 18.3 Å². The zero-order valence-corrected chi connectivity index (χ0v) is 14.0. The second-order valence-electron chi connectivity index (χ2n) is 5.29. The van der Waals surface area contributed by atoms with Crippen molar-refractivity contribution in [1.82, 2.24) is 10.7 Å². The molecule has 27 heavy (non-hydrogen) atoms. The van der Waals surface area contributed by atoms with Crippen molar-refractivity contribution in [2.24, 2.45) is 5.10 Å². The molecule has 2 aromatic rings. The number of alkyl halides is 3. The number of para-hydroxylation sites is 1. The van der Waals surface area contributed by atoms with E-state index in [0.717, 1.165) is 12.1 Å². The molecule has 0 radical (unpaired) electrons. The smallest absolute Gasteiger partial charge is 0.416 e. The first-order valence-corrected chi connectivity index (χ1v) is 7.78. The Morgan fingerprint density at radius 1 is 1.00 bits per heavy atom. The summed E-state index contributed by atoms with van der Waals surface area (Å²) in [6.45, 7) is -0.562. The van der Waals surface area contributed by atoms with E-state index in [1.807, 2.05) is 6.07 Å². The third-order valence-corrected chi connectivity index (χ3v) is 3.20. The number of rotatable bonds is 7. The van der Waals surface area contributed by atoms with Gasteiger partial charge in [-0.15, -0.1) is 0 Å². The van der Waals surface area contributed by atoms with E-state index >= 15 is 0 Å². The molecule has 0 spiro atoms. The molecule has 9 heteroatoms. The molecule has 0 atom stereocenters. The van der Waals surface area contributed by atoms with Crippen LogP contribution in [0.5, 0.6) is 5.75 Å². The van der Waals surface area contributed by atoms with Crippen molar-refractivity contribution in [2.45, 2.75) is 6.18 Å². The van der Waals surface area contributed by atoms with Crippen molar-refractivity contribution < 1.29 is 27.5 Å². The van der Waals surface area contributed by atoms with Gasteiger partial charge in [-0.3, -0.25) is 9.59 Å². The van der Waals surface area contributed by atoms with Crippen LogP contribution in [0.4, 0.5) is 13.2 Å². The molecule has 0 fully saturated rings. The van der Waals surface area contributed by atoms with Crippen LogP contribution in [0.1, 0.15) is 11.1 Å². The third kappa shape index (κ3) is 7.18. The van der Waals surface area contributed by atoms with Crippen molar-refractivity contribution in [3.05, 3.63) is 65.7 Å². The van der Waals surface area contributed by atoms with Crippen LogP contribution in [0.25, 0.3) is 0 Å². The minimum Gasteiger partial charge on any atom is -0.484 e. The molecule has 0 aromatic heterocycles. The monoisotopic (exact) mass is 379 g/mol. The molecule has 0 bridgehead atoms. The van der Waals surface area contributed by atoms with E-state index < -0.39 is 23.6 Å².